The second kappa shape index (κ2) is 12.0. The maximum atomic E-state index is 13.7. The zero-order chi connectivity index (χ0) is 28.1. The lowest BCUT2D eigenvalue weighted by Crippen LogP contribution is -2.46. The molecule has 2 aliphatic heterocycles. The number of azide groups is 1. The number of benzene rings is 1. The second-order valence-corrected chi connectivity index (χ2v) is 10.4. The standard InChI is InChI=1S/C22H28N5O10P/c1-13(2)35-21(32)14(3)24-38(33,37-16-7-5-4-6-8-16)34-12-22(25-26-23)19(31)18(30)20(36-22)27-10-9-15(28)11-17(27)29/h4-10,13-14,18-20,30-31H,11-12H2,1-3H3,(H,24,33)/t14?,18-,19+,20-,22-,38?/m1/s1. The molecule has 0 bridgehead atoms. The molecule has 1 saturated heterocycles. The molecular weight excluding hydrogens is 525 g/mol. The average molecular weight is 553 g/mol. The summed E-state index contributed by atoms with van der Waals surface area (Å²) in [6, 6.07) is 6.61. The number of amides is 1. The molecule has 0 aromatic heterocycles. The molecule has 1 amide bonds. The topological polar surface area (TPSA) is 210 Å². The van der Waals surface area contributed by atoms with E-state index in [4.69, 9.17) is 24.1 Å². The van der Waals surface area contributed by atoms with Gasteiger partial charge in [0.15, 0.2) is 12.0 Å². The fraction of sp³-hybridized carbons (Fsp3) is 0.500. The van der Waals surface area contributed by atoms with E-state index in [2.05, 4.69) is 15.1 Å². The number of rotatable bonds is 11. The predicted octanol–water partition coefficient (Wildman–Crippen LogP) is 1.52. The number of allylic oxidation sites excluding steroid dienone is 1. The van der Waals surface area contributed by atoms with Gasteiger partial charge in [-0.15, -0.1) is 0 Å². The van der Waals surface area contributed by atoms with Gasteiger partial charge < -0.3 is 24.2 Å². The normalized spacial score (nSPS) is 27.5. The van der Waals surface area contributed by atoms with Crippen molar-refractivity contribution < 1.29 is 47.7 Å². The van der Waals surface area contributed by atoms with Crippen LogP contribution in [0.25, 0.3) is 10.4 Å². The molecule has 1 aromatic carbocycles. The van der Waals surface area contributed by atoms with Crippen LogP contribution in [-0.4, -0.2) is 75.7 Å². The van der Waals surface area contributed by atoms with Gasteiger partial charge in [0, 0.05) is 11.1 Å². The summed E-state index contributed by atoms with van der Waals surface area (Å²) in [5, 5.41) is 27.2. The number of nitrogens with zero attached hydrogens (tertiary/aromatic N) is 4. The van der Waals surface area contributed by atoms with E-state index >= 15 is 0 Å². The molecule has 0 saturated carbocycles. The van der Waals surface area contributed by atoms with Gasteiger partial charge in [0.25, 0.3) is 0 Å². The molecule has 2 heterocycles. The first-order valence-electron chi connectivity index (χ1n) is 11.5. The number of carbonyl (C=O) groups excluding carboxylic acids is 3. The van der Waals surface area contributed by atoms with Crippen LogP contribution in [0.4, 0.5) is 0 Å². The Kier molecular flexibility index (Phi) is 9.28. The largest absolute Gasteiger partial charge is 0.462 e. The van der Waals surface area contributed by atoms with E-state index in [1.165, 1.54) is 19.1 Å². The van der Waals surface area contributed by atoms with Gasteiger partial charge >= 0.3 is 13.7 Å². The Morgan fingerprint density at radius 1 is 1.32 bits per heavy atom. The van der Waals surface area contributed by atoms with E-state index in [-0.39, 0.29) is 5.75 Å². The number of aliphatic hydroxyl groups is 2. The van der Waals surface area contributed by atoms with E-state index in [9.17, 15) is 29.2 Å². The molecule has 2 aliphatic rings. The lowest BCUT2D eigenvalue weighted by Gasteiger charge is -2.31. The van der Waals surface area contributed by atoms with Gasteiger partial charge in [-0.2, -0.15) is 5.09 Å². The number of aliphatic hydroxyl groups excluding tert-OH is 2. The third-order valence-electron chi connectivity index (χ3n) is 5.39. The number of ketones is 1. The summed E-state index contributed by atoms with van der Waals surface area (Å²) in [5.41, 5.74) is 6.78. The predicted molar refractivity (Wildman–Crippen MR) is 129 cm³/mol. The highest BCUT2D eigenvalue weighted by molar-refractivity contribution is 7.52. The lowest BCUT2D eigenvalue weighted by atomic mass is 10.1. The summed E-state index contributed by atoms with van der Waals surface area (Å²) in [6.45, 7) is 3.67. The third kappa shape index (κ3) is 6.77. The average Bonchev–Trinajstić information content (AvgIpc) is 3.09. The van der Waals surface area contributed by atoms with Crippen LogP contribution in [0, 0.1) is 0 Å². The van der Waals surface area contributed by atoms with Crippen LogP contribution in [-0.2, 0) is 32.9 Å². The number of ether oxygens (including phenoxy) is 2. The highest BCUT2D eigenvalue weighted by Crippen LogP contribution is 2.47. The summed E-state index contributed by atoms with van der Waals surface area (Å²) in [4.78, 5) is 39.7. The van der Waals surface area contributed by atoms with Crippen molar-refractivity contribution in [2.75, 3.05) is 6.61 Å². The molecule has 3 rings (SSSR count). The lowest BCUT2D eigenvalue weighted by molar-refractivity contribution is -0.159. The van der Waals surface area contributed by atoms with Crippen LogP contribution in [0.15, 0.2) is 47.7 Å². The van der Waals surface area contributed by atoms with Gasteiger partial charge in [0.05, 0.1) is 19.1 Å². The Morgan fingerprint density at radius 3 is 2.61 bits per heavy atom. The van der Waals surface area contributed by atoms with Crippen molar-refractivity contribution in [1.29, 1.82) is 0 Å². The van der Waals surface area contributed by atoms with E-state index in [0.29, 0.717) is 0 Å². The van der Waals surface area contributed by atoms with E-state index < -0.39 is 74.7 Å². The maximum absolute atomic E-state index is 13.7. The fourth-order valence-corrected chi connectivity index (χ4v) is 5.10. The van der Waals surface area contributed by atoms with Gasteiger partial charge in [-0.05, 0) is 44.5 Å². The smallest absolute Gasteiger partial charge is 0.459 e. The molecule has 38 heavy (non-hydrogen) atoms. The van der Waals surface area contributed by atoms with Crippen molar-refractivity contribution in [3.8, 4) is 5.75 Å². The second-order valence-electron chi connectivity index (χ2n) is 8.75. The SMILES string of the molecule is CC(C)OC(=O)C(C)NP(=O)(OC[C@@]1(N=[N+]=[N-])O[C@@H](N2C=CC(=O)CC2=O)[C@H](O)[C@@H]1O)Oc1ccccc1. The monoisotopic (exact) mass is 553 g/mol. The molecule has 2 unspecified atom stereocenters. The molecule has 0 aliphatic carbocycles. The summed E-state index contributed by atoms with van der Waals surface area (Å²) in [6.07, 6.45) is -4.16. The quantitative estimate of drug-likeness (QED) is 0.0893. The molecule has 206 valence electrons. The molecule has 16 heteroatoms. The van der Waals surface area contributed by atoms with Crippen molar-refractivity contribution in [2.24, 2.45) is 5.11 Å². The maximum Gasteiger partial charge on any atom is 0.459 e. The summed E-state index contributed by atoms with van der Waals surface area (Å²) >= 11 is 0. The number of nitrogens with one attached hydrogen (secondary N) is 1. The zero-order valence-corrected chi connectivity index (χ0v) is 21.6. The van der Waals surface area contributed by atoms with Crippen molar-refractivity contribution in [2.45, 2.75) is 63.5 Å². The zero-order valence-electron chi connectivity index (χ0n) is 20.7. The van der Waals surface area contributed by atoms with Crippen molar-refractivity contribution in [1.82, 2.24) is 9.99 Å². The molecule has 15 nitrogen and oxygen atoms in total. The van der Waals surface area contributed by atoms with Crippen LogP contribution in [0.5, 0.6) is 5.75 Å². The summed E-state index contributed by atoms with van der Waals surface area (Å²) in [7, 11) is -4.48. The molecule has 3 N–H and O–H groups in total. The van der Waals surface area contributed by atoms with Gasteiger partial charge in [0.1, 0.15) is 24.0 Å². The number of carbonyl (C=O) groups is 3. The first-order chi connectivity index (χ1) is 17.9. The Balaban J connectivity index is 1.87. The summed E-state index contributed by atoms with van der Waals surface area (Å²) in [5.74, 6) is -1.88. The number of esters is 1. The highest BCUT2D eigenvalue weighted by atomic mass is 31.2. The Labute approximate surface area is 217 Å². The highest BCUT2D eigenvalue weighted by Gasteiger charge is 2.58. The van der Waals surface area contributed by atoms with Crippen LogP contribution in [0.3, 0.4) is 0 Å². The fourth-order valence-electron chi connectivity index (χ4n) is 3.58. The molecule has 0 spiro atoms. The van der Waals surface area contributed by atoms with E-state index in [1.54, 1.807) is 32.0 Å². The molecular formula is C22H28N5O10P. The number of hydrogen-bond acceptors (Lipinski definition) is 11. The van der Waals surface area contributed by atoms with Crippen LogP contribution < -0.4 is 9.61 Å². The van der Waals surface area contributed by atoms with E-state index in [1.807, 2.05) is 0 Å². The van der Waals surface area contributed by atoms with Crippen molar-refractivity contribution in [3.63, 3.8) is 0 Å². The first-order valence-corrected chi connectivity index (χ1v) is 13.0. The van der Waals surface area contributed by atoms with Gasteiger partial charge in [-0.3, -0.25) is 23.8 Å². The van der Waals surface area contributed by atoms with Gasteiger partial charge in [-0.25, -0.2) is 4.57 Å². The minimum atomic E-state index is -4.48. The minimum Gasteiger partial charge on any atom is -0.462 e. The Bertz CT molecular complexity index is 1170. The van der Waals surface area contributed by atoms with Gasteiger partial charge in [0.2, 0.25) is 11.6 Å². The number of para-hydroxylation sites is 1. The van der Waals surface area contributed by atoms with Crippen LogP contribution in [0.1, 0.15) is 27.2 Å². The van der Waals surface area contributed by atoms with Crippen molar-refractivity contribution in [3.05, 3.63) is 53.1 Å². The number of hydrogen-bond donors (Lipinski definition) is 3. The van der Waals surface area contributed by atoms with Gasteiger partial charge in [-0.1, -0.05) is 23.3 Å². The molecule has 1 aromatic rings. The molecule has 1 fully saturated rings. The van der Waals surface area contributed by atoms with Crippen LogP contribution >= 0.6 is 7.75 Å². The van der Waals surface area contributed by atoms with E-state index in [0.717, 1.165) is 17.2 Å². The van der Waals surface area contributed by atoms with Crippen LogP contribution in [0.2, 0.25) is 0 Å². The molecule has 6 atom stereocenters. The first kappa shape index (κ1) is 29.3. The van der Waals surface area contributed by atoms with Crippen molar-refractivity contribution >= 4 is 25.4 Å². The molecule has 0 radical (unpaired) electrons. The minimum absolute atomic E-state index is 0.0881. The Morgan fingerprint density at radius 2 is 2.00 bits per heavy atom. The Hall–Kier alpha value is -3.29. The third-order valence-corrected chi connectivity index (χ3v) is 7.02. The summed E-state index contributed by atoms with van der Waals surface area (Å²) < 4.78 is 35.4.